The standard InChI is InChI=1S/C22H20F2N4O4S/c1-4-31-20(30)17-12(2)26-22-28(18(17)14-5-7-15(8-6-14)32-21(23)24)19(29)16(33-22)9-13-10-25-27(3)11-13/h5-11,18,21H,4H2,1-3H3/b16-9+. The van der Waals surface area contributed by atoms with Gasteiger partial charge < -0.3 is 9.47 Å². The summed E-state index contributed by atoms with van der Waals surface area (Å²) in [4.78, 5) is 31.1. The number of esters is 1. The minimum absolute atomic E-state index is 0.0314. The third-order valence-corrected chi connectivity index (χ3v) is 5.94. The molecule has 8 nitrogen and oxygen atoms in total. The van der Waals surface area contributed by atoms with E-state index in [1.807, 2.05) is 0 Å². The Balaban J connectivity index is 1.89. The van der Waals surface area contributed by atoms with Gasteiger partial charge in [0.15, 0.2) is 4.80 Å². The zero-order valence-corrected chi connectivity index (χ0v) is 18.8. The Hall–Kier alpha value is -3.60. The third-order valence-electron chi connectivity index (χ3n) is 4.96. The summed E-state index contributed by atoms with van der Waals surface area (Å²) in [5.41, 5.74) is 1.56. The molecule has 0 saturated heterocycles. The lowest BCUT2D eigenvalue weighted by molar-refractivity contribution is -0.139. The van der Waals surface area contributed by atoms with Gasteiger partial charge >= 0.3 is 12.6 Å². The molecule has 172 valence electrons. The number of aromatic nitrogens is 3. The van der Waals surface area contributed by atoms with Gasteiger partial charge in [-0.3, -0.25) is 14.0 Å². The summed E-state index contributed by atoms with van der Waals surface area (Å²) >= 11 is 1.19. The summed E-state index contributed by atoms with van der Waals surface area (Å²) in [5, 5.41) is 4.11. The van der Waals surface area contributed by atoms with E-state index in [1.54, 1.807) is 56.2 Å². The molecule has 3 heterocycles. The number of allylic oxidation sites excluding steroid dienone is 1. The van der Waals surface area contributed by atoms with Crippen molar-refractivity contribution < 1.29 is 23.0 Å². The second kappa shape index (κ2) is 9.10. The number of halogens is 2. The minimum Gasteiger partial charge on any atom is -0.463 e. The quantitative estimate of drug-likeness (QED) is 0.511. The van der Waals surface area contributed by atoms with Crippen LogP contribution in [-0.2, 0) is 16.6 Å². The molecular formula is C22H20F2N4O4S. The predicted molar refractivity (Wildman–Crippen MR) is 117 cm³/mol. The van der Waals surface area contributed by atoms with E-state index in [-0.39, 0.29) is 23.5 Å². The maximum Gasteiger partial charge on any atom is 0.387 e. The minimum atomic E-state index is -2.96. The van der Waals surface area contributed by atoms with E-state index in [1.165, 1.54) is 28.0 Å². The Morgan fingerprint density at radius 2 is 2.03 bits per heavy atom. The molecule has 1 atom stereocenters. The van der Waals surface area contributed by atoms with Crippen LogP contribution in [0.15, 0.2) is 57.7 Å². The highest BCUT2D eigenvalue weighted by molar-refractivity contribution is 7.07. The van der Waals surface area contributed by atoms with Crippen LogP contribution in [-0.4, -0.2) is 33.5 Å². The first kappa shape index (κ1) is 22.6. The number of nitrogens with zero attached hydrogens (tertiary/aromatic N) is 4. The topological polar surface area (TPSA) is 87.7 Å². The van der Waals surface area contributed by atoms with Gasteiger partial charge in [0, 0.05) is 18.8 Å². The first-order chi connectivity index (χ1) is 15.8. The van der Waals surface area contributed by atoms with E-state index in [0.29, 0.717) is 20.6 Å². The van der Waals surface area contributed by atoms with Gasteiger partial charge in [0.25, 0.3) is 5.56 Å². The summed E-state index contributed by atoms with van der Waals surface area (Å²) in [5.74, 6) is -0.630. The van der Waals surface area contributed by atoms with Crippen LogP contribution in [0, 0.1) is 0 Å². The first-order valence-corrected chi connectivity index (χ1v) is 10.8. The largest absolute Gasteiger partial charge is 0.463 e. The molecule has 0 aliphatic carbocycles. The predicted octanol–water partition coefficient (Wildman–Crippen LogP) is 2.13. The van der Waals surface area contributed by atoms with E-state index in [4.69, 9.17) is 4.74 Å². The molecule has 4 rings (SSSR count). The zero-order chi connectivity index (χ0) is 23.7. The smallest absolute Gasteiger partial charge is 0.387 e. The number of rotatable bonds is 6. The second-order valence-electron chi connectivity index (χ2n) is 7.20. The first-order valence-electron chi connectivity index (χ1n) is 10.0. The number of hydrogen-bond acceptors (Lipinski definition) is 7. The Kier molecular flexibility index (Phi) is 6.23. The molecule has 3 aromatic rings. The SMILES string of the molecule is CCOC(=O)C1=C(C)N=c2s/c(=C/c3cnn(C)c3)c(=O)n2C1c1ccc(OC(F)F)cc1. The molecule has 0 radical (unpaired) electrons. The summed E-state index contributed by atoms with van der Waals surface area (Å²) in [6.45, 7) is 0.543. The Morgan fingerprint density at radius 1 is 1.30 bits per heavy atom. The molecule has 1 aliphatic rings. The number of carbonyl (C=O) groups excluding carboxylic acids is 1. The average molecular weight is 474 g/mol. The van der Waals surface area contributed by atoms with E-state index < -0.39 is 18.6 Å². The summed E-state index contributed by atoms with van der Waals surface area (Å²) < 4.78 is 38.2. The summed E-state index contributed by atoms with van der Waals surface area (Å²) in [6.07, 6.45) is 5.11. The molecule has 0 N–H and O–H groups in total. The van der Waals surface area contributed by atoms with E-state index in [9.17, 15) is 18.4 Å². The second-order valence-corrected chi connectivity index (χ2v) is 8.21. The maximum atomic E-state index is 13.4. The Bertz CT molecular complexity index is 1400. The van der Waals surface area contributed by atoms with Crippen molar-refractivity contribution in [3.05, 3.63) is 78.7 Å². The summed E-state index contributed by atoms with van der Waals surface area (Å²) in [7, 11) is 1.77. The number of aryl methyl sites for hydroxylation is 1. The number of alkyl halides is 2. The number of ether oxygens (including phenoxy) is 2. The van der Waals surface area contributed by atoms with Crippen LogP contribution >= 0.6 is 11.3 Å². The molecule has 33 heavy (non-hydrogen) atoms. The molecule has 1 unspecified atom stereocenters. The van der Waals surface area contributed by atoms with Gasteiger partial charge in [-0.15, -0.1) is 0 Å². The molecule has 1 aliphatic heterocycles. The van der Waals surface area contributed by atoms with Crippen LogP contribution in [0.1, 0.15) is 31.0 Å². The number of fused-ring (bicyclic) bond motifs is 1. The lowest BCUT2D eigenvalue weighted by atomic mass is 9.96. The third kappa shape index (κ3) is 4.49. The highest BCUT2D eigenvalue weighted by Crippen LogP contribution is 2.31. The average Bonchev–Trinajstić information content (AvgIpc) is 3.30. The lowest BCUT2D eigenvalue weighted by Crippen LogP contribution is -2.39. The molecule has 0 fully saturated rings. The van der Waals surface area contributed by atoms with Crippen molar-refractivity contribution in [2.24, 2.45) is 12.0 Å². The highest BCUT2D eigenvalue weighted by Gasteiger charge is 2.33. The molecule has 0 spiro atoms. The van der Waals surface area contributed by atoms with E-state index >= 15 is 0 Å². The van der Waals surface area contributed by atoms with E-state index in [0.717, 1.165) is 5.56 Å². The van der Waals surface area contributed by atoms with Crippen molar-refractivity contribution in [3.8, 4) is 5.75 Å². The van der Waals surface area contributed by atoms with Gasteiger partial charge in [-0.2, -0.15) is 13.9 Å². The van der Waals surface area contributed by atoms with Crippen molar-refractivity contribution in [1.29, 1.82) is 0 Å². The number of benzene rings is 1. The van der Waals surface area contributed by atoms with Crippen LogP contribution in [0.3, 0.4) is 0 Å². The fraction of sp³-hybridized carbons (Fsp3) is 0.273. The molecule has 11 heteroatoms. The van der Waals surface area contributed by atoms with Crippen LogP contribution in [0.2, 0.25) is 0 Å². The lowest BCUT2D eigenvalue weighted by Gasteiger charge is -2.24. The van der Waals surface area contributed by atoms with Crippen LogP contribution in [0.25, 0.3) is 6.08 Å². The van der Waals surface area contributed by atoms with Crippen LogP contribution < -0.4 is 19.6 Å². The van der Waals surface area contributed by atoms with Gasteiger partial charge in [-0.1, -0.05) is 23.5 Å². The molecule has 2 aromatic heterocycles. The van der Waals surface area contributed by atoms with Crippen molar-refractivity contribution in [3.63, 3.8) is 0 Å². The monoisotopic (exact) mass is 474 g/mol. The molecule has 0 bridgehead atoms. The van der Waals surface area contributed by atoms with Crippen molar-refractivity contribution in [1.82, 2.24) is 14.3 Å². The molecule has 1 aromatic carbocycles. The van der Waals surface area contributed by atoms with Gasteiger partial charge in [0.1, 0.15) is 5.75 Å². The van der Waals surface area contributed by atoms with Gasteiger partial charge in [-0.25, -0.2) is 9.79 Å². The zero-order valence-electron chi connectivity index (χ0n) is 18.0. The molecular weight excluding hydrogens is 454 g/mol. The van der Waals surface area contributed by atoms with E-state index in [2.05, 4.69) is 14.8 Å². The normalized spacial score (nSPS) is 16.1. The van der Waals surface area contributed by atoms with Crippen molar-refractivity contribution in [2.75, 3.05) is 6.61 Å². The van der Waals surface area contributed by atoms with Gasteiger partial charge in [-0.05, 0) is 37.6 Å². The van der Waals surface area contributed by atoms with Crippen molar-refractivity contribution >= 4 is 23.4 Å². The number of thiazole rings is 1. The fourth-order valence-electron chi connectivity index (χ4n) is 3.60. The molecule has 0 amide bonds. The molecule has 0 saturated carbocycles. The maximum absolute atomic E-state index is 13.4. The van der Waals surface area contributed by atoms with Gasteiger partial charge in [0.2, 0.25) is 0 Å². The van der Waals surface area contributed by atoms with Crippen molar-refractivity contribution in [2.45, 2.75) is 26.5 Å². The number of carbonyl (C=O) groups is 1. The summed E-state index contributed by atoms with van der Waals surface area (Å²) in [6, 6.07) is 4.98. The Morgan fingerprint density at radius 3 is 2.64 bits per heavy atom. The highest BCUT2D eigenvalue weighted by atomic mass is 32.1. The number of hydrogen-bond donors (Lipinski definition) is 0. The van der Waals surface area contributed by atoms with Crippen LogP contribution in [0.4, 0.5) is 8.78 Å². The van der Waals surface area contributed by atoms with Gasteiger partial charge in [0.05, 0.1) is 34.6 Å². The fourth-order valence-corrected chi connectivity index (χ4v) is 4.65. The van der Waals surface area contributed by atoms with Crippen LogP contribution in [0.5, 0.6) is 5.75 Å². The Labute approximate surface area is 190 Å².